The lowest BCUT2D eigenvalue weighted by Gasteiger charge is -2.12. The van der Waals surface area contributed by atoms with Crippen LogP contribution >= 0.6 is 0 Å². The van der Waals surface area contributed by atoms with Gasteiger partial charge in [-0.3, -0.25) is 24.0 Å². The molecule has 0 unspecified atom stereocenters. The summed E-state index contributed by atoms with van der Waals surface area (Å²) < 4.78 is 21.2. The molecule has 0 aliphatic rings. The fourth-order valence-electron chi connectivity index (χ4n) is 6.03. The first-order valence-electron chi connectivity index (χ1n) is 21.1. The van der Waals surface area contributed by atoms with E-state index in [4.69, 9.17) is 18.9 Å². The van der Waals surface area contributed by atoms with Gasteiger partial charge >= 0.3 is 5.97 Å². The fourth-order valence-corrected chi connectivity index (χ4v) is 6.03. The number of hydrogen-bond donors (Lipinski definition) is 2. The second kappa shape index (κ2) is 39.5. The molecule has 0 bridgehead atoms. The highest BCUT2D eigenvalue weighted by atomic mass is 16.5. The summed E-state index contributed by atoms with van der Waals surface area (Å²) in [4.78, 5) is 58.9. The lowest BCUT2D eigenvalue weighted by atomic mass is 9.94. The summed E-state index contributed by atoms with van der Waals surface area (Å²) in [5.41, 5.74) is 0. The van der Waals surface area contributed by atoms with E-state index < -0.39 is 11.9 Å². The molecule has 11 heteroatoms. The molecule has 0 spiro atoms. The molecule has 0 fully saturated rings. The van der Waals surface area contributed by atoms with Gasteiger partial charge in [0.1, 0.15) is 19.0 Å². The molecule has 0 heterocycles. The van der Waals surface area contributed by atoms with Crippen molar-refractivity contribution in [2.24, 2.45) is 5.92 Å². The number of nitrogens with one attached hydrogen (secondary N) is 1. The summed E-state index contributed by atoms with van der Waals surface area (Å²) in [7, 11) is 0. The van der Waals surface area contributed by atoms with Gasteiger partial charge in [-0.05, 0) is 26.2 Å². The van der Waals surface area contributed by atoms with Crippen LogP contribution in [0.3, 0.4) is 0 Å². The Balaban J connectivity index is 3.63. The average molecular weight is 756 g/mol. The van der Waals surface area contributed by atoms with E-state index in [0.717, 1.165) is 19.3 Å². The number of carboxylic acid groups (broad SMARTS) is 1. The van der Waals surface area contributed by atoms with Crippen LogP contribution in [0.25, 0.3) is 0 Å². The van der Waals surface area contributed by atoms with E-state index in [0.29, 0.717) is 39.1 Å². The molecule has 0 aromatic carbocycles. The molecule has 0 rings (SSSR count). The second-order valence-electron chi connectivity index (χ2n) is 14.5. The summed E-state index contributed by atoms with van der Waals surface area (Å²) in [5.74, 6) is -2.28. The molecule has 1 amide bonds. The van der Waals surface area contributed by atoms with Crippen LogP contribution in [-0.4, -0.2) is 93.7 Å². The summed E-state index contributed by atoms with van der Waals surface area (Å²) in [6.45, 7) is 6.00. The Hall–Kier alpha value is -2.21. The van der Waals surface area contributed by atoms with Crippen LogP contribution in [-0.2, 0) is 42.9 Å². The normalized spacial score (nSPS) is 11.8. The van der Waals surface area contributed by atoms with Crippen LogP contribution in [0.5, 0.6) is 0 Å². The maximum atomic E-state index is 12.4. The topological polar surface area (TPSA) is 155 Å². The molecule has 53 heavy (non-hydrogen) atoms. The number of carbonyl (C=O) groups is 5. The van der Waals surface area contributed by atoms with Crippen LogP contribution in [0, 0.1) is 5.92 Å². The number of aliphatic carboxylic acids is 1. The zero-order valence-electron chi connectivity index (χ0n) is 33.7. The van der Waals surface area contributed by atoms with Gasteiger partial charge in [0.2, 0.25) is 5.91 Å². The Labute approximate surface area is 321 Å². The van der Waals surface area contributed by atoms with E-state index in [1.807, 2.05) is 0 Å². The van der Waals surface area contributed by atoms with Crippen LogP contribution < -0.4 is 5.32 Å². The van der Waals surface area contributed by atoms with Crippen molar-refractivity contribution in [1.82, 2.24) is 5.32 Å². The van der Waals surface area contributed by atoms with Gasteiger partial charge in [0, 0.05) is 38.8 Å². The van der Waals surface area contributed by atoms with E-state index in [2.05, 4.69) is 12.2 Å². The van der Waals surface area contributed by atoms with Gasteiger partial charge in [0.15, 0.2) is 11.6 Å². The summed E-state index contributed by atoms with van der Waals surface area (Å²) in [6.07, 6.45) is 26.1. The van der Waals surface area contributed by atoms with Crippen molar-refractivity contribution in [3.05, 3.63) is 0 Å². The Morgan fingerprint density at radius 3 is 1.47 bits per heavy atom. The molecule has 0 aliphatic heterocycles. The molecule has 0 aromatic rings. The summed E-state index contributed by atoms with van der Waals surface area (Å²) in [6, 6.07) is 0. The molecule has 310 valence electrons. The van der Waals surface area contributed by atoms with Crippen molar-refractivity contribution >= 4 is 29.2 Å². The van der Waals surface area contributed by atoms with Gasteiger partial charge in [0.25, 0.3) is 0 Å². The van der Waals surface area contributed by atoms with Crippen LogP contribution in [0.15, 0.2) is 0 Å². The van der Waals surface area contributed by atoms with Crippen molar-refractivity contribution < 1.29 is 48.0 Å². The van der Waals surface area contributed by atoms with Crippen LogP contribution in [0.4, 0.5) is 0 Å². The standard InChI is InChI=1S/C42H77NO10/c1-3-4-5-6-7-8-9-10-11-12-13-14-15-16-17-18-19-20-21-23-39(45)34-38(42(48)49)25-26-41(47)43-27-29-51-31-33-53-36-40(46)24-22-28-50-30-32-52-35-37(2)44/h38H,3-36H2,1-2H3,(H,43,47)(H,48,49)/t38-/m1/s1. The number of unbranched alkanes of at least 4 members (excludes halogenated alkanes) is 18. The third kappa shape index (κ3) is 39.3. The predicted octanol–water partition coefficient (Wildman–Crippen LogP) is 8.37. The Morgan fingerprint density at radius 1 is 0.509 bits per heavy atom. The van der Waals surface area contributed by atoms with Gasteiger partial charge in [-0.1, -0.05) is 122 Å². The first-order chi connectivity index (χ1) is 25.8. The van der Waals surface area contributed by atoms with Crippen molar-refractivity contribution in [2.75, 3.05) is 59.4 Å². The first-order valence-corrected chi connectivity index (χ1v) is 21.1. The van der Waals surface area contributed by atoms with E-state index >= 15 is 0 Å². The van der Waals surface area contributed by atoms with E-state index in [-0.39, 0.29) is 82.1 Å². The van der Waals surface area contributed by atoms with E-state index in [1.165, 1.54) is 110 Å². The minimum Gasteiger partial charge on any atom is -0.481 e. The molecule has 0 aromatic heterocycles. The highest BCUT2D eigenvalue weighted by molar-refractivity contribution is 5.84. The quantitative estimate of drug-likeness (QED) is 0.0580. The SMILES string of the molecule is CCCCCCCCCCCCCCCCCCCCCC(=O)C[C@@H](CCC(=O)NCCOCCOCC(=O)CCCOCCOCC(C)=O)C(=O)O. The summed E-state index contributed by atoms with van der Waals surface area (Å²) >= 11 is 0. The number of hydrogen-bond acceptors (Lipinski definition) is 9. The molecular weight excluding hydrogens is 678 g/mol. The molecule has 0 saturated carbocycles. The molecule has 0 saturated heterocycles. The number of Topliss-reactive ketones (excluding diaryl/α,β-unsaturated/α-hetero) is 3. The highest BCUT2D eigenvalue weighted by Gasteiger charge is 2.22. The molecule has 0 radical (unpaired) electrons. The smallest absolute Gasteiger partial charge is 0.306 e. The highest BCUT2D eigenvalue weighted by Crippen LogP contribution is 2.17. The van der Waals surface area contributed by atoms with E-state index in [9.17, 15) is 29.1 Å². The zero-order valence-corrected chi connectivity index (χ0v) is 33.7. The number of carboxylic acids is 1. The Morgan fingerprint density at radius 2 is 0.962 bits per heavy atom. The molecule has 1 atom stereocenters. The first kappa shape index (κ1) is 50.8. The van der Waals surface area contributed by atoms with Crippen molar-refractivity contribution in [2.45, 2.75) is 174 Å². The maximum absolute atomic E-state index is 12.4. The third-order valence-corrected chi connectivity index (χ3v) is 9.23. The molecular formula is C42H77NO10. The van der Waals surface area contributed by atoms with E-state index in [1.54, 1.807) is 0 Å². The van der Waals surface area contributed by atoms with Crippen LogP contribution in [0.2, 0.25) is 0 Å². The largest absolute Gasteiger partial charge is 0.481 e. The number of rotatable bonds is 43. The van der Waals surface area contributed by atoms with Gasteiger partial charge in [-0.25, -0.2) is 0 Å². The van der Waals surface area contributed by atoms with Gasteiger partial charge in [0.05, 0.1) is 39.0 Å². The van der Waals surface area contributed by atoms with Gasteiger partial charge in [-0.2, -0.15) is 0 Å². The maximum Gasteiger partial charge on any atom is 0.306 e. The van der Waals surface area contributed by atoms with Gasteiger partial charge in [-0.15, -0.1) is 0 Å². The number of carbonyl (C=O) groups excluding carboxylic acids is 4. The minimum absolute atomic E-state index is 0.00530. The second-order valence-corrected chi connectivity index (χ2v) is 14.5. The third-order valence-electron chi connectivity index (χ3n) is 9.23. The number of ketones is 3. The monoisotopic (exact) mass is 756 g/mol. The van der Waals surface area contributed by atoms with Gasteiger partial charge < -0.3 is 29.4 Å². The Kier molecular flexibility index (Phi) is 37.8. The lowest BCUT2D eigenvalue weighted by molar-refractivity contribution is -0.144. The van der Waals surface area contributed by atoms with Crippen LogP contribution in [0.1, 0.15) is 174 Å². The molecule has 0 aliphatic carbocycles. The van der Waals surface area contributed by atoms with Crippen molar-refractivity contribution in [1.29, 1.82) is 0 Å². The van der Waals surface area contributed by atoms with Crippen molar-refractivity contribution in [3.63, 3.8) is 0 Å². The minimum atomic E-state index is -1.04. The molecule has 2 N–H and O–H groups in total. The fraction of sp³-hybridized carbons (Fsp3) is 0.881. The number of amides is 1. The number of ether oxygens (including phenoxy) is 4. The lowest BCUT2D eigenvalue weighted by Crippen LogP contribution is -2.29. The molecule has 11 nitrogen and oxygen atoms in total. The predicted molar refractivity (Wildman–Crippen MR) is 209 cm³/mol. The van der Waals surface area contributed by atoms with Crippen molar-refractivity contribution in [3.8, 4) is 0 Å². The Bertz CT molecular complexity index is 912. The zero-order chi connectivity index (χ0) is 39.0. The summed E-state index contributed by atoms with van der Waals surface area (Å²) in [5, 5.41) is 12.3. The average Bonchev–Trinajstić information content (AvgIpc) is 3.12.